The van der Waals surface area contributed by atoms with Gasteiger partial charge < -0.3 is 10.5 Å². The van der Waals surface area contributed by atoms with Crippen LogP contribution in [-0.4, -0.2) is 19.0 Å². The molecule has 2 N–H and O–H groups in total. The molecule has 0 atom stereocenters. The molecule has 17 heavy (non-hydrogen) atoms. The minimum atomic E-state index is -4.14. The van der Waals surface area contributed by atoms with E-state index in [9.17, 15) is 17.6 Å². The van der Waals surface area contributed by atoms with E-state index in [1.807, 2.05) is 0 Å². The lowest BCUT2D eigenvalue weighted by Gasteiger charge is -2.16. The van der Waals surface area contributed by atoms with Gasteiger partial charge in [-0.3, -0.25) is 0 Å². The normalized spacial score (nSPS) is 11.9. The second-order valence-corrected chi connectivity index (χ2v) is 3.64. The molecule has 0 spiro atoms. The summed E-state index contributed by atoms with van der Waals surface area (Å²) in [6.07, 6.45) is -3.73. The average molecular weight is 251 g/mol. The Hall–Kier alpha value is -1.30. The molecule has 1 rings (SSSR count). The summed E-state index contributed by atoms with van der Waals surface area (Å²) < 4.78 is 53.5. The van der Waals surface area contributed by atoms with Crippen LogP contribution in [-0.2, 0) is 6.54 Å². The summed E-state index contributed by atoms with van der Waals surface area (Å²) in [5, 5.41) is 0. The fourth-order valence-electron chi connectivity index (χ4n) is 1.23. The minimum absolute atomic E-state index is 0.125. The lowest BCUT2D eigenvalue weighted by Crippen LogP contribution is -2.33. The zero-order chi connectivity index (χ0) is 13.1. The maximum absolute atomic E-state index is 12.6. The van der Waals surface area contributed by atoms with Gasteiger partial charge in [0.2, 0.25) is 0 Å². The van der Waals surface area contributed by atoms with E-state index in [0.717, 1.165) is 11.1 Å². The van der Waals surface area contributed by atoms with Crippen LogP contribution in [0, 0.1) is 6.92 Å². The van der Waals surface area contributed by atoms with E-state index >= 15 is 0 Å². The van der Waals surface area contributed by atoms with Crippen LogP contribution in [0.5, 0.6) is 5.75 Å². The molecule has 0 aliphatic heterocycles. The van der Waals surface area contributed by atoms with Gasteiger partial charge in [-0.2, -0.15) is 8.78 Å². The Bertz CT molecular complexity index is 382. The molecule has 0 amide bonds. The molecule has 6 heteroatoms. The molecule has 0 saturated heterocycles. The molecule has 0 saturated carbocycles. The Morgan fingerprint density at radius 1 is 1.35 bits per heavy atom. The maximum atomic E-state index is 12.6. The van der Waals surface area contributed by atoms with E-state index in [-0.39, 0.29) is 5.75 Å². The fourth-order valence-corrected chi connectivity index (χ4v) is 1.23. The molecule has 2 nitrogen and oxygen atoms in total. The molecule has 0 aliphatic rings. The van der Waals surface area contributed by atoms with Crippen molar-refractivity contribution in [2.24, 2.45) is 5.73 Å². The minimum Gasteiger partial charge on any atom is -0.487 e. The fraction of sp³-hybridized carbons (Fsp3) is 0.455. The lowest BCUT2D eigenvalue weighted by atomic mass is 10.1. The Morgan fingerprint density at radius 3 is 2.47 bits per heavy atom. The lowest BCUT2D eigenvalue weighted by molar-refractivity contribution is -0.148. The van der Waals surface area contributed by atoms with E-state index in [2.05, 4.69) is 4.74 Å². The van der Waals surface area contributed by atoms with Gasteiger partial charge in [-0.25, -0.2) is 8.78 Å². The molecular weight excluding hydrogens is 238 g/mol. The Kier molecular flexibility index (Phi) is 4.34. The van der Waals surface area contributed by atoms with Gasteiger partial charge in [0.25, 0.3) is 0 Å². The highest BCUT2D eigenvalue weighted by atomic mass is 19.3. The first-order valence-corrected chi connectivity index (χ1v) is 4.95. The van der Waals surface area contributed by atoms with Crippen molar-refractivity contribution in [1.29, 1.82) is 0 Å². The summed E-state index contributed by atoms with van der Waals surface area (Å²) in [4.78, 5) is 0. The van der Waals surface area contributed by atoms with Gasteiger partial charge in [0.15, 0.2) is 6.61 Å². The first-order chi connectivity index (χ1) is 7.86. The molecule has 0 unspecified atom stereocenters. The van der Waals surface area contributed by atoms with Gasteiger partial charge in [0, 0.05) is 6.54 Å². The molecule has 0 aliphatic carbocycles. The van der Waals surface area contributed by atoms with Crippen LogP contribution in [0.2, 0.25) is 0 Å². The van der Waals surface area contributed by atoms with Gasteiger partial charge in [-0.1, -0.05) is 6.07 Å². The summed E-state index contributed by atoms with van der Waals surface area (Å²) in [5.74, 6) is -4.01. The Labute approximate surface area is 96.4 Å². The quantitative estimate of drug-likeness (QED) is 0.817. The summed E-state index contributed by atoms with van der Waals surface area (Å²) in [7, 11) is 0. The molecule has 1 aromatic carbocycles. The van der Waals surface area contributed by atoms with Gasteiger partial charge in [-0.05, 0) is 30.2 Å². The number of alkyl halides is 4. The van der Waals surface area contributed by atoms with E-state index in [1.165, 1.54) is 12.1 Å². The van der Waals surface area contributed by atoms with Crippen LogP contribution in [0.25, 0.3) is 0 Å². The molecule has 0 radical (unpaired) electrons. The number of aryl methyl sites for hydroxylation is 1. The van der Waals surface area contributed by atoms with Crippen molar-refractivity contribution in [1.82, 2.24) is 0 Å². The third-order valence-electron chi connectivity index (χ3n) is 2.28. The van der Waals surface area contributed by atoms with Crippen molar-refractivity contribution in [2.75, 3.05) is 6.61 Å². The highest BCUT2D eigenvalue weighted by Gasteiger charge is 2.41. The van der Waals surface area contributed by atoms with Crippen LogP contribution in [0.3, 0.4) is 0 Å². The summed E-state index contributed by atoms with van der Waals surface area (Å²) in [5.41, 5.74) is 7.04. The SMILES string of the molecule is Cc1cc(OCC(F)(F)C(F)F)ccc1CN. The largest absolute Gasteiger partial charge is 0.487 e. The predicted octanol–water partition coefficient (Wildman–Crippen LogP) is 2.73. The average Bonchev–Trinajstić information content (AvgIpc) is 2.26. The molecule has 0 bridgehead atoms. The number of nitrogens with two attached hydrogens (primary N) is 1. The predicted molar refractivity (Wildman–Crippen MR) is 55.5 cm³/mol. The van der Waals surface area contributed by atoms with Crippen LogP contribution in [0.1, 0.15) is 11.1 Å². The summed E-state index contributed by atoms with van der Waals surface area (Å²) in [6.45, 7) is 0.714. The van der Waals surface area contributed by atoms with Crippen molar-refractivity contribution in [3.63, 3.8) is 0 Å². The Balaban J connectivity index is 2.67. The highest BCUT2D eigenvalue weighted by molar-refractivity contribution is 5.34. The zero-order valence-electron chi connectivity index (χ0n) is 9.22. The topological polar surface area (TPSA) is 35.2 Å². The van der Waals surface area contributed by atoms with E-state index in [1.54, 1.807) is 13.0 Å². The molecule has 0 fully saturated rings. The third-order valence-corrected chi connectivity index (χ3v) is 2.28. The molecular formula is C11H13F4NO. The first-order valence-electron chi connectivity index (χ1n) is 4.95. The van der Waals surface area contributed by atoms with Crippen LogP contribution in [0.15, 0.2) is 18.2 Å². The number of ether oxygens (including phenoxy) is 1. The van der Waals surface area contributed by atoms with Gasteiger partial charge >= 0.3 is 12.3 Å². The highest BCUT2D eigenvalue weighted by Crippen LogP contribution is 2.25. The molecule has 96 valence electrons. The van der Waals surface area contributed by atoms with Gasteiger partial charge in [-0.15, -0.1) is 0 Å². The molecule has 1 aromatic rings. The van der Waals surface area contributed by atoms with Crippen molar-refractivity contribution >= 4 is 0 Å². The number of benzene rings is 1. The van der Waals surface area contributed by atoms with Crippen molar-refractivity contribution in [3.05, 3.63) is 29.3 Å². The Morgan fingerprint density at radius 2 is 2.00 bits per heavy atom. The standard InChI is InChI=1S/C11H13F4NO/c1-7-4-9(3-2-8(7)5-16)17-6-11(14,15)10(12)13/h2-4,10H,5-6,16H2,1H3. The van der Waals surface area contributed by atoms with E-state index in [4.69, 9.17) is 5.73 Å². The maximum Gasteiger partial charge on any atom is 0.340 e. The van der Waals surface area contributed by atoms with Crippen LogP contribution < -0.4 is 10.5 Å². The van der Waals surface area contributed by atoms with Gasteiger partial charge in [0.1, 0.15) is 5.75 Å². The van der Waals surface area contributed by atoms with E-state index in [0.29, 0.717) is 6.54 Å². The van der Waals surface area contributed by atoms with Crippen LogP contribution >= 0.6 is 0 Å². The van der Waals surface area contributed by atoms with Crippen molar-refractivity contribution in [3.8, 4) is 5.75 Å². The van der Waals surface area contributed by atoms with Gasteiger partial charge in [0.05, 0.1) is 0 Å². The zero-order valence-corrected chi connectivity index (χ0v) is 9.22. The van der Waals surface area contributed by atoms with E-state index < -0.39 is 19.0 Å². The van der Waals surface area contributed by atoms with Crippen LogP contribution in [0.4, 0.5) is 17.6 Å². The van der Waals surface area contributed by atoms with Crippen molar-refractivity contribution < 1.29 is 22.3 Å². The number of halogens is 4. The number of rotatable bonds is 5. The summed E-state index contributed by atoms with van der Waals surface area (Å²) in [6, 6.07) is 4.53. The molecule has 0 heterocycles. The number of hydrogen-bond donors (Lipinski definition) is 1. The summed E-state index contributed by atoms with van der Waals surface area (Å²) >= 11 is 0. The smallest absolute Gasteiger partial charge is 0.340 e. The first kappa shape index (κ1) is 13.8. The molecule has 0 aromatic heterocycles. The second kappa shape index (κ2) is 5.35. The third kappa shape index (κ3) is 3.59. The number of hydrogen-bond acceptors (Lipinski definition) is 2. The monoisotopic (exact) mass is 251 g/mol. The van der Waals surface area contributed by atoms with Crippen molar-refractivity contribution in [2.45, 2.75) is 25.8 Å². The second-order valence-electron chi connectivity index (χ2n) is 3.64.